The number of carbonyl (C=O) groups is 1. The summed E-state index contributed by atoms with van der Waals surface area (Å²) in [5.41, 5.74) is 8.03. The molecule has 1 aliphatic rings. The number of nitrogens with zero attached hydrogens (tertiary/aromatic N) is 4. The third kappa shape index (κ3) is 7.72. The summed E-state index contributed by atoms with van der Waals surface area (Å²) < 4.78 is 1.63. The number of hydrogen-bond acceptors (Lipinski definition) is 4. The molecule has 0 radical (unpaired) electrons. The smallest absolute Gasteiger partial charge is 0.272 e. The molecule has 34 heavy (non-hydrogen) atoms. The Kier molecular flexibility index (Phi) is 10.3. The summed E-state index contributed by atoms with van der Waals surface area (Å²) in [6, 6.07) is 8.03. The van der Waals surface area contributed by atoms with Crippen LogP contribution in [-0.4, -0.2) is 39.9 Å². The molecule has 1 aromatic heterocycles. The molecule has 1 amide bonds. The van der Waals surface area contributed by atoms with Crippen molar-refractivity contribution in [2.75, 3.05) is 13.1 Å². The van der Waals surface area contributed by atoms with E-state index in [2.05, 4.69) is 88.3 Å². The van der Waals surface area contributed by atoms with Crippen LogP contribution < -0.4 is 5.32 Å². The summed E-state index contributed by atoms with van der Waals surface area (Å²) in [7, 11) is 1.80. The highest BCUT2D eigenvalue weighted by atomic mass is 16.2. The van der Waals surface area contributed by atoms with E-state index in [1.165, 1.54) is 28.0 Å². The molecule has 184 valence electrons. The van der Waals surface area contributed by atoms with Crippen LogP contribution >= 0.6 is 0 Å². The van der Waals surface area contributed by atoms with Crippen molar-refractivity contribution in [3.63, 3.8) is 0 Å². The van der Waals surface area contributed by atoms with E-state index in [-0.39, 0.29) is 5.91 Å². The van der Waals surface area contributed by atoms with Crippen LogP contribution in [0.3, 0.4) is 0 Å². The van der Waals surface area contributed by atoms with E-state index in [9.17, 15) is 4.79 Å². The molecular weight excluding hydrogens is 422 g/mol. The van der Waals surface area contributed by atoms with Gasteiger partial charge in [0.1, 0.15) is 5.69 Å². The molecule has 6 nitrogen and oxygen atoms in total. The number of aryl methyl sites for hydroxylation is 3. The van der Waals surface area contributed by atoms with Crippen molar-refractivity contribution in [2.24, 2.45) is 18.0 Å². The SMILES string of the molecule is CCC(C)=CNC1=C(C)CN(C(=O)c2ccnn2C)CC1.Cc1cccc(C)c1N=CC(C)C. The van der Waals surface area contributed by atoms with Crippen molar-refractivity contribution in [3.05, 3.63) is 70.3 Å². The van der Waals surface area contributed by atoms with Crippen molar-refractivity contribution in [2.45, 2.75) is 61.3 Å². The molecule has 0 aliphatic carbocycles. The molecule has 1 aliphatic heterocycles. The number of hydrogen-bond donors (Lipinski definition) is 1. The Morgan fingerprint density at radius 3 is 2.41 bits per heavy atom. The van der Waals surface area contributed by atoms with E-state index in [1.807, 2.05) is 11.1 Å². The Bertz CT molecular complexity index is 1040. The lowest BCUT2D eigenvalue weighted by Gasteiger charge is -2.29. The minimum Gasteiger partial charge on any atom is -0.365 e. The molecule has 0 unspecified atom stereocenters. The summed E-state index contributed by atoms with van der Waals surface area (Å²) in [6.45, 7) is 16.2. The maximum Gasteiger partial charge on any atom is 0.272 e. The van der Waals surface area contributed by atoms with Crippen molar-refractivity contribution >= 4 is 17.8 Å². The highest BCUT2D eigenvalue weighted by Crippen LogP contribution is 2.22. The molecule has 0 saturated carbocycles. The van der Waals surface area contributed by atoms with E-state index >= 15 is 0 Å². The summed E-state index contributed by atoms with van der Waals surface area (Å²) >= 11 is 0. The van der Waals surface area contributed by atoms with Crippen molar-refractivity contribution in [1.82, 2.24) is 20.0 Å². The molecule has 6 heteroatoms. The summed E-state index contributed by atoms with van der Waals surface area (Å²) in [6.07, 6.45) is 7.63. The molecule has 3 rings (SSSR count). The standard InChI is InChI=1S/C16H24N4O.C12H17N/c1-5-12(2)10-17-14-7-9-20(11-13(14)3)16(21)15-6-8-18-19(15)4;1-9(2)8-13-12-10(3)6-5-7-11(12)4/h6,8,10,17H,5,7,9,11H2,1-4H3;5-9H,1-4H3. The monoisotopic (exact) mass is 463 g/mol. The van der Waals surface area contributed by atoms with Gasteiger partial charge < -0.3 is 10.2 Å². The maximum atomic E-state index is 12.5. The number of aromatic nitrogens is 2. The molecule has 1 aromatic carbocycles. The Balaban J connectivity index is 0.000000270. The van der Waals surface area contributed by atoms with Crippen LogP contribution in [0.1, 0.15) is 69.1 Å². The second-order valence-corrected chi connectivity index (χ2v) is 9.33. The molecule has 1 N–H and O–H groups in total. The zero-order valence-electron chi connectivity index (χ0n) is 22.1. The number of nitrogens with one attached hydrogen (secondary N) is 1. The highest BCUT2D eigenvalue weighted by Gasteiger charge is 2.23. The van der Waals surface area contributed by atoms with Crippen LogP contribution in [-0.2, 0) is 7.05 Å². The first kappa shape index (κ1) is 27.1. The minimum absolute atomic E-state index is 0.0497. The second kappa shape index (κ2) is 12.9. The molecule has 0 spiro atoms. The van der Waals surface area contributed by atoms with Crippen molar-refractivity contribution in [3.8, 4) is 0 Å². The van der Waals surface area contributed by atoms with Gasteiger partial charge in [0.25, 0.3) is 5.91 Å². The third-order valence-electron chi connectivity index (χ3n) is 5.89. The summed E-state index contributed by atoms with van der Waals surface area (Å²) in [5, 5.41) is 7.45. The van der Waals surface area contributed by atoms with Gasteiger partial charge in [-0.25, -0.2) is 0 Å². The number of rotatable bonds is 6. The lowest BCUT2D eigenvalue weighted by atomic mass is 10.1. The second-order valence-electron chi connectivity index (χ2n) is 9.33. The molecule has 0 saturated heterocycles. The summed E-state index contributed by atoms with van der Waals surface area (Å²) in [5.74, 6) is 0.563. The van der Waals surface area contributed by atoms with Crippen molar-refractivity contribution < 1.29 is 4.79 Å². The average molecular weight is 464 g/mol. The van der Waals surface area contributed by atoms with E-state index in [0.29, 0.717) is 18.2 Å². The summed E-state index contributed by atoms with van der Waals surface area (Å²) in [4.78, 5) is 18.8. The number of amides is 1. The van der Waals surface area contributed by atoms with Gasteiger partial charge in [-0.15, -0.1) is 0 Å². The maximum absolute atomic E-state index is 12.5. The van der Waals surface area contributed by atoms with Gasteiger partial charge in [0.05, 0.1) is 5.69 Å². The number of para-hydroxylation sites is 1. The first-order chi connectivity index (χ1) is 16.1. The largest absolute Gasteiger partial charge is 0.365 e. The fourth-order valence-electron chi connectivity index (χ4n) is 3.58. The molecule has 0 atom stereocenters. The molecule has 0 bridgehead atoms. The fraction of sp³-hybridized carbons (Fsp3) is 0.464. The first-order valence-electron chi connectivity index (χ1n) is 12.1. The lowest BCUT2D eigenvalue weighted by molar-refractivity contribution is 0.0751. The number of carbonyl (C=O) groups excluding carboxylic acids is 1. The van der Waals surface area contributed by atoms with Crippen LogP contribution in [0.5, 0.6) is 0 Å². The van der Waals surface area contributed by atoms with Gasteiger partial charge in [0, 0.05) is 44.7 Å². The predicted octanol–water partition coefficient (Wildman–Crippen LogP) is 6.11. The topological polar surface area (TPSA) is 62.5 Å². The fourth-order valence-corrected chi connectivity index (χ4v) is 3.58. The van der Waals surface area contributed by atoms with E-state index < -0.39 is 0 Å². The van der Waals surface area contributed by atoms with Crippen LogP contribution in [0.15, 0.2) is 58.5 Å². The number of allylic oxidation sites excluding steroid dienone is 1. The van der Waals surface area contributed by atoms with Gasteiger partial charge in [0.15, 0.2) is 0 Å². The van der Waals surface area contributed by atoms with Crippen LogP contribution in [0.4, 0.5) is 5.69 Å². The van der Waals surface area contributed by atoms with Gasteiger partial charge in [-0.3, -0.25) is 14.5 Å². The molecule has 2 heterocycles. The van der Waals surface area contributed by atoms with E-state index in [1.54, 1.807) is 24.0 Å². The van der Waals surface area contributed by atoms with E-state index in [0.717, 1.165) is 25.1 Å². The molecule has 2 aromatic rings. The number of aliphatic imine (C=N–C) groups is 1. The first-order valence-corrected chi connectivity index (χ1v) is 12.1. The van der Waals surface area contributed by atoms with Gasteiger partial charge in [0.2, 0.25) is 0 Å². The average Bonchev–Trinajstić information content (AvgIpc) is 3.23. The Hall–Kier alpha value is -3.15. The van der Waals surface area contributed by atoms with Gasteiger partial charge in [-0.05, 0) is 69.0 Å². The Morgan fingerprint density at radius 2 is 1.88 bits per heavy atom. The lowest BCUT2D eigenvalue weighted by Crippen LogP contribution is -2.39. The highest BCUT2D eigenvalue weighted by molar-refractivity contribution is 5.92. The van der Waals surface area contributed by atoms with Crippen LogP contribution in [0.25, 0.3) is 0 Å². The molecular formula is C28H41N5O. The Morgan fingerprint density at radius 1 is 1.21 bits per heavy atom. The van der Waals surface area contributed by atoms with Gasteiger partial charge >= 0.3 is 0 Å². The number of benzene rings is 1. The zero-order valence-corrected chi connectivity index (χ0v) is 22.1. The zero-order chi connectivity index (χ0) is 25.3. The predicted molar refractivity (Wildman–Crippen MR) is 143 cm³/mol. The van der Waals surface area contributed by atoms with Crippen LogP contribution in [0.2, 0.25) is 0 Å². The van der Waals surface area contributed by atoms with E-state index in [4.69, 9.17) is 0 Å². The van der Waals surface area contributed by atoms with Gasteiger partial charge in [-0.2, -0.15) is 5.10 Å². The third-order valence-corrected chi connectivity index (χ3v) is 5.89. The quantitative estimate of drug-likeness (QED) is 0.526. The van der Waals surface area contributed by atoms with Gasteiger partial charge in [-0.1, -0.05) is 44.5 Å². The minimum atomic E-state index is 0.0497. The van der Waals surface area contributed by atoms with Crippen molar-refractivity contribution in [1.29, 1.82) is 0 Å². The normalized spacial score (nSPS) is 14.5. The Labute approximate surface area is 205 Å². The molecule has 0 fully saturated rings. The van der Waals surface area contributed by atoms with Crippen LogP contribution in [0, 0.1) is 19.8 Å².